The molecule has 3 unspecified atom stereocenters. The van der Waals surface area contributed by atoms with Gasteiger partial charge in [-0.25, -0.2) is 9.59 Å². The number of esters is 2. The first kappa shape index (κ1) is 19.4. The maximum Gasteiger partial charge on any atom is 0.338 e. The molecular weight excluding hydrogens is 352 g/mol. The van der Waals surface area contributed by atoms with Crippen molar-refractivity contribution < 1.29 is 33.3 Å². The first-order valence-corrected chi connectivity index (χ1v) is 9.13. The first-order valence-electron chi connectivity index (χ1n) is 9.13. The minimum Gasteiger partial charge on any atom is -0.494 e. The van der Waals surface area contributed by atoms with Gasteiger partial charge in [0.25, 0.3) is 0 Å². The maximum atomic E-state index is 12.3. The van der Waals surface area contributed by atoms with Crippen LogP contribution >= 0.6 is 0 Å². The fourth-order valence-corrected chi connectivity index (χ4v) is 3.05. The molecule has 27 heavy (non-hydrogen) atoms. The molecule has 0 saturated carbocycles. The Morgan fingerprint density at radius 2 is 1.93 bits per heavy atom. The van der Waals surface area contributed by atoms with Crippen molar-refractivity contribution in [2.45, 2.75) is 37.6 Å². The molecule has 0 aliphatic carbocycles. The molecule has 2 aliphatic rings. The summed E-state index contributed by atoms with van der Waals surface area (Å²) in [5.74, 6) is -0.147. The fraction of sp³-hybridized carbons (Fsp3) is 0.500. The number of fused-ring (bicyclic) bond motifs is 1. The Labute approximate surface area is 158 Å². The third-order valence-corrected chi connectivity index (χ3v) is 4.49. The zero-order valence-electron chi connectivity index (χ0n) is 15.1. The molecule has 146 valence electrons. The standard InChI is InChI=1S/C20H24O7/c1-2-18(21)24-11-4-3-10-23-15-7-5-14(6-8-15)20(22)27-17-13-26-16-9-12-25-19(16)17/h2,5-8,16-17,19H,1,3-4,9-13H2. The largest absolute Gasteiger partial charge is 0.494 e. The van der Waals surface area contributed by atoms with Crippen LogP contribution in [0.3, 0.4) is 0 Å². The summed E-state index contributed by atoms with van der Waals surface area (Å²) in [7, 11) is 0. The van der Waals surface area contributed by atoms with E-state index in [1.54, 1.807) is 24.3 Å². The molecule has 0 bridgehead atoms. The molecule has 2 heterocycles. The minimum atomic E-state index is -0.419. The highest BCUT2D eigenvalue weighted by atomic mass is 16.6. The quantitative estimate of drug-likeness (QED) is 0.372. The van der Waals surface area contributed by atoms with Crippen molar-refractivity contribution in [1.82, 2.24) is 0 Å². The number of rotatable bonds is 9. The highest BCUT2D eigenvalue weighted by molar-refractivity contribution is 5.89. The molecule has 3 atom stereocenters. The van der Waals surface area contributed by atoms with E-state index in [9.17, 15) is 9.59 Å². The number of ether oxygens (including phenoxy) is 5. The van der Waals surface area contributed by atoms with Crippen LogP contribution in [0.5, 0.6) is 5.75 Å². The van der Waals surface area contributed by atoms with Crippen molar-refractivity contribution in [1.29, 1.82) is 0 Å². The summed E-state index contributed by atoms with van der Waals surface area (Å²) in [5.41, 5.74) is 0.458. The second-order valence-corrected chi connectivity index (χ2v) is 6.39. The second kappa shape index (κ2) is 9.53. The Morgan fingerprint density at radius 1 is 1.15 bits per heavy atom. The third kappa shape index (κ3) is 5.30. The van der Waals surface area contributed by atoms with Gasteiger partial charge in [-0.2, -0.15) is 0 Å². The van der Waals surface area contributed by atoms with Crippen LogP contribution in [-0.4, -0.2) is 56.7 Å². The van der Waals surface area contributed by atoms with Gasteiger partial charge in [-0.15, -0.1) is 0 Å². The zero-order chi connectivity index (χ0) is 19.1. The van der Waals surface area contributed by atoms with Gasteiger partial charge in [-0.3, -0.25) is 0 Å². The van der Waals surface area contributed by atoms with E-state index in [4.69, 9.17) is 23.7 Å². The van der Waals surface area contributed by atoms with Gasteiger partial charge in [0.15, 0.2) is 6.10 Å². The number of benzene rings is 1. The van der Waals surface area contributed by atoms with E-state index in [2.05, 4.69) is 6.58 Å². The molecule has 2 aliphatic heterocycles. The van der Waals surface area contributed by atoms with Crippen molar-refractivity contribution in [3.8, 4) is 5.75 Å². The number of carbonyl (C=O) groups excluding carboxylic acids is 2. The van der Waals surface area contributed by atoms with Gasteiger partial charge in [0.1, 0.15) is 11.9 Å². The van der Waals surface area contributed by atoms with Gasteiger partial charge in [-0.05, 0) is 43.5 Å². The molecule has 1 aromatic rings. The molecule has 0 spiro atoms. The summed E-state index contributed by atoms with van der Waals surface area (Å²) in [6.45, 7) is 5.20. The summed E-state index contributed by atoms with van der Waals surface area (Å²) in [6.07, 6.45) is 2.98. The predicted octanol–water partition coefficient (Wildman–Crippen LogP) is 2.29. The Bertz CT molecular complexity index is 655. The summed E-state index contributed by atoms with van der Waals surface area (Å²) in [6, 6.07) is 6.81. The summed E-state index contributed by atoms with van der Waals surface area (Å²) in [4.78, 5) is 23.2. The normalized spacial score (nSPS) is 23.5. The van der Waals surface area contributed by atoms with Gasteiger partial charge in [-0.1, -0.05) is 6.58 Å². The average Bonchev–Trinajstić information content (AvgIpc) is 3.30. The van der Waals surface area contributed by atoms with E-state index in [0.29, 0.717) is 44.2 Å². The van der Waals surface area contributed by atoms with Gasteiger partial charge in [0.05, 0.1) is 31.5 Å². The van der Waals surface area contributed by atoms with Gasteiger partial charge >= 0.3 is 11.9 Å². The molecule has 0 radical (unpaired) electrons. The van der Waals surface area contributed by atoms with E-state index in [1.165, 1.54) is 0 Å². The van der Waals surface area contributed by atoms with Crippen molar-refractivity contribution in [2.24, 2.45) is 0 Å². The Balaban J connectivity index is 1.37. The average molecular weight is 376 g/mol. The number of hydrogen-bond acceptors (Lipinski definition) is 7. The fourth-order valence-electron chi connectivity index (χ4n) is 3.05. The Hall–Kier alpha value is -2.38. The molecular formula is C20H24O7. The lowest BCUT2D eigenvalue weighted by molar-refractivity contribution is -0.137. The number of unbranched alkanes of at least 4 members (excludes halogenated alkanes) is 1. The van der Waals surface area contributed by atoms with Crippen LogP contribution in [0.15, 0.2) is 36.9 Å². The lowest BCUT2D eigenvalue weighted by Crippen LogP contribution is -2.32. The molecule has 2 fully saturated rings. The van der Waals surface area contributed by atoms with Gasteiger partial charge in [0.2, 0.25) is 0 Å². The van der Waals surface area contributed by atoms with E-state index in [1.807, 2.05) is 0 Å². The van der Waals surface area contributed by atoms with Crippen LogP contribution in [0.2, 0.25) is 0 Å². The van der Waals surface area contributed by atoms with E-state index in [-0.39, 0.29) is 18.3 Å². The third-order valence-electron chi connectivity index (χ3n) is 4.49. The topological polar surface area (TPSA) is 80.3 Å². The van der Waals surface area contributed by atoms with Crippen LogP contribution in [0.4, 0.5) is 0 Å². The molecule has 1 aromatic carbocycles. The smallest absolute Gasteiger partial charge is 0.338 e. The van der Waals surface area contributed by atoms with Gasteiger partial charge < -0.3 is 23.7 Å². The molecule has 7 nitrogen and oxygen atoms in total. The molecule has 2 saturated heterocycles. The maximum absolute atomic E-state index is 12.3. The predicted molar refractivity (Wildman–Crippen MR) is 95.6 cm³/mol. The van der Waals surface area contributed by atoms with E-state index < -0.39 is 11.9 Å². The highest BCUT2D eigenvalue weighted by Gasteiger charge is 2.44. The van der Waals surface area contributed by atoms with Gasteiger partial charge in [0, 0.05) is 12.7 Å². The first-order chi connectivity index (χ1) is 13.2. The van der Waals surface area contributed by atoms with Crippen molar-refractivity contribution in [2.75, 3.05) is 26.4 Å². The Kier molecular flexibility index (Phi) is 6.84. The van der Waals surface area contributed by atoms with Crippen molar-refractivity contribution >= 4 is 11.9 Å². The molecule has 0 amide bonds. The summed E-state index contributed by atoms with van der Waals surface area (Å²) < 4.78 is 27.2. The molecule has 7 heteroatoms. The van der Waals surface area contributed by atoms with Crippen LogP contribution < -0.4 is 4.74 Å². The van der Waals surface area contributed by atoms with Crippen molar-refractivity contribution in [3.63, 3.8) is 0 Å². The number of hydrogen-bond donors (Lipinski definition) is 0. The van der Waals surface area contributed by atoms with E-state index >= 15 is 0 Å². The van der Waals surface area contributed by atoms with Crippen LogP contribution in [0.25, 0.3) is 0 Å². The Morgan fingerprint density at radius 3 is 2.70 bits per heavy atom. The molecule has 0 N–H and O–H groups in total. The van der Waals surface area contributed by atoms with Crippen molar-refractivity contribution in [3.05, 3.63) is 42.5 Å². The second-order valence-electron chi connectivity index (χ2n) is 6.39. The summed E-state index contributed by atoms with van der Waals surface area (Å²) in [5, 5.41) is 0. The zero-order valence-corrected chi connectivity index (χ0v) is 15.1. The molecule has 0 aromatic heterocycles. The van der Waals surface area contributed by atoms with Crippen LogP contribution in [0, 0.1) is 0 Å². The van der Waals surface area contributed by atoms with Crippen LogP contribution in [-0.2, 0) is 23.7 Å². The summed E-state index contributed by atoms with van der Waals surface area (Å²) >= 11 is 0. The van der Waals surface area contributed by atoms with E-state index in [0.717, 1.165) is 18.9 Å². The monoisotopic (exact) mass is 376 g/mol. The molecule has 3 rings (SSSR count). The minimum absolute atomic E-state index is 0.0406. The SMILES string of the molecule is C=CC(=O)OCCCCOc1ccc(C(=O)OC2COC3CCOC32)cc1. The number of carbonyl (C=O) groups is 2. The highest BCUT2D eigenvalue weighted by Crippen LogP contribution is 2.29. The van der Waals surface area contributed by atoms with Crippen LogP contribution in [0.1, 0.15) is 29.6 Å². The lowest BCUT2D eigenvalue weighted by Gasteiger charge is -2.16. The lowest BCUT2D eigenvalue weighted by atomic mass is 10.1.